The van der Waals surface area contributed by atoms with Crippen molar-refractivity contribution in [3.8, 4) is 5.75 Å². The predicted molar refractivity (Wildman–Crippen MR) is 80.0 cm³/mol. The number of nitrogens with one attached hydrogen (secondary N) is 1. The number of para-hydroxylation sites is 1. The summed E-state index contributed by atoms with van der Waals surface area (Å²) < 4.78 is 5.97. The maximum atomic E-state index is 11.4. The number of rotatable bonds is 2. The van der Waals surface area contributed by atoms with E-state index in [9.17, 15) is 9.90 Å². The fourth-order valence-corrected chi connectivity index (χ4v) is 2.95. The van der Waals surface area contributed by atoms with Gasteiger partial charge in [-0.05, 0) is 33.3 Å². The fraction of sp³-hybridized carbons (Fsp3) is 0.471. The van der Waals surface area contributed by atoms with Gasteiger partial charge in [0, 0.05) is 23.8 Å². The quantitative estimate of drug-likeness (QED) is 0.877. The van der Waals surface area contributed by atoms with E-state index in [2.05, 4.69) is 5.32 Å². The second-order valence-electron chi connectivity index (χ2n) is 6.51. The van der Waals surface area contributed by atoms with Crippen molar-refractivity contribution < 1.29 is 14.6 Å². The first-order chi connectivity index (χ1) is 9.81. The minimum atomic E-state index is -1.10. The van der Waals surface area contributed by atoms with Crippen LogP contribution < -0.4 is 10.1 Å². The Hall–Kier alpha value is -1.81. The lowest BCUT2D eigenvalue weighted by molar-refractivity contribution is -0.137. The molecule has 0 aromatic heterocycles. The van der Waals surface area contributed by atoms with Crippen molar-refractivity contribution in [3.05, 3.63) is 41.6 Å². The zero-order valence-electron chi connectivity index (χ0n) is 12.6. The number of hydrogen-bond donors (Lipinski definition) is 2. The minimum absolute atomic E-state index is 0.136. The maximum absolute atomic E-state index is 11.4. The highest BCUT2D eigenvalue weighted by Crippen LogP contribution is 2.46. The van der Waals surface area contributed by atoms with Crippen LogP contribution in [0.1, 0.15) is 45.2 Å². The van der Waals surface area contributed by atoms with E-state index < -0.39 is 11.2 Å². The molecule has 2 atom stereocenters. The molecule has 4 heteroatoms. The molecule has 2 N–H and O–H groups in total. The van der Waals surface area contributed by atoms with Gasteiger partial charge in [-0.1, -0.05) is 18.2 Å². The number of benzene rings is 1. The molecule has 0 amide bonds. The van der Waals surface area contributed by atoms with Gasteiger partial charge in [-0.2, -0.15) is 0 Å². The van der Waals surface area contributed by atoms with E-state index in [4.69, 9.17) is 4.74 Å². The minimum Gasteiger partial charge on any atom is -0.484 e. The summed E-state index contributed by atoms with van der Waals surface area (Å²) in [7, 11) is 0. The average molecular weight is 287 g/mol. The molecule has 0 bridgehead atoms. The molecular formula is C17H21NO3. The van der Waals surface area contributed by atoms with Crippen LogP contribution in [0.5, 0.6) is 5.75 Å². The van der Waals surface area contributed by atoms with Crippen LogP contribution in [-0.2, 0) is 4.79 Å². The van der Waals surface area contributed by atoms with Gasteiger partial charge in [0.15, 0.2) is 5.78 Å². The monoisotopic (exact) mass is 287 g/mol. The van der Waals surface area contributed by atoms with Gasteiger partial charge in [-0.25, -0.2) is 0 Å². The molecule has 1 aromatic rings. The summed E-state index contributed by atoms with van der Waals surface area (Å²) in [6.07, 6.45) is 2.88. The Morgan fingerprint density at radius 1 is 1.24 bits per heavy atom. The lowest BCUT2D eigenvalue weighted by Gasteiger charge is -2.50. The van der Waals surface area contributed by atoms with E-state index in [1.807, 2.05) is 38.1 Å². The Bertz CT molecular complexity index is 616. The number of carbonyl (C=O) groups is 1. The smallest absolute Gasteiger partial charge is 0.157 e. The molecule has 0 saturated heterocycles. The van der Waals surface area contributed by atoms with Gasteiger partial charge in [0.2, 0.25) is 0 Å². The molecule has 1 aromatic carbocycles. The summed E-state index contributed by atoms with van der Waals surface area (Å²) in [6, 6.07) is 7.40. The summed E-state index contributed by atoms with van der Waals surface area (Å²) in [5, 5.41) is 14.4. The predicted octanol–water partition coefficient (Wildman–Crippen LogP) is 2.49. The van der Waals surface area contributed by atoms with E-state index >= 15 is 0 Å². The molecule has 0 fully saturated rings. The van der Waals surface area contributed by atoms with Gasteiger partial charge >= 0.3 is 0 Å². The van der Waals surface area contributed by atoms with Crippen LogP contribution in [0.3, 0.4) is 0 Å². The number of carbonyl (C=O) groups excluding carboxylic acids is 1. The highest BCUT2D eigenvalue weighted by atomic mass is 16.5. The normalized spacial score (nSPS) is 30.4. The summed E-state index contributed by atoms with van der Waals surface area (Å²) in [6.45, 7) is 5.54. The number of aliphatic hydroxyl groups is 1. The summed E-state index contributed by atoms with van der Waals surface area (Å²) >= 11 is 0. The Balaban J connectivity index is 2.02. The standard InChI is InChI=1S/C17H21NO3/c1-16(2)17(3,20)15(18-11-8-9-12(19)10-11)13-6-4-5-7-14(13)21-16/h4-7,10,15,18,20H,8-9H2,1-3H3. The van der Waals surface area contributed by atoms with Gasteiger partial charge in [0.1, 0.15) is 17.0 Å². The van der Waals surface area contributed by atoms with Gasteiger partial charge in [0.05, 0.1) is 6.04 Å². The molecule has 0 saturated carbocycles. The Morgan fingerprint density at radius 3 is 2.62 bits per heavy atom. The third-order valence-corrected chi connectivity index (χ3v) is 4.68. The Kier molecular flexibility index (Phi) is 3.10. The Morgan fingerprint density at radius 2 is 1.95 bits per heavy atom. The molecule has 112 valence electrons. The molecule has 0 spiro atoms. The van der Waals surface area contributed by atoms with Crippen molar-refractivity contribution in [1.82, 2.24) is 5.32 Å². The largest absolute Gasteiger partial charge is 0.484 e. The highest BCUT2D eigenvalue weighted by molar-refractivity contribution is 5.92. The number of fused-ring (bicyclic) bond motifs is 1. The van der Waals surface area contributed by atoms with E-state index in [-0.39, 0.29) is 11.8 Å². The molecule has 1 heterocycles. The molecule has 1 aliphatic carbocycles. The van der Waals surface area contributed by atoms with Crippen molar-refractivity contribution in [2.75, 3.05) is 0 Å². The van der Waals surface area contributed by atoms with Crippen molar-refractivity contribution in [2.24, 2.45) is 0 Å². The van der Waals surface area contributed by atoms with Crippen LogP contribution in [0.15, 0.2) is 36.0 Å². The molecule has 4 nitrogen and oxygen atoms in total. The topological polar surface area (TPSA) is 58.6 Å². The second kappa shape index (κ2) is 4.60. The maximum Gasteiger partial charge on any atom is 0.157 e. The van der Waals surface area contributed by atoms with Crippen LogP contribution in [0.4, 0.5) is 0 Å². The van der Waals surface area contributed by atoms with Crippen LogP contribution in [-0.4, -0.2) is 22.1 Å². The zero-order chi connectivity index (χ0) is 15.3. The summed E-state index contributed by atoms with van der Waals surface area (Å²) in [5.74, 6) is 0.910. The number of ketones is 1. The first kappa shape index (κ1) is 14.1. The van der Waals surface area contributed by atoms with Gasteiger partial charge in [-0.3, -0.25) is 4.79 Å². The third kappa shape index (κ3) is 2.23. The molecule has 2 aliphatic rings. The van der Waals surface area contributed by atoms with Crippen molar-refractivity contribution >= 4 is 5.78 Å². The number of ether oxygens (including phenoxy) is 1. The molecule has 21 heavy (non-hydrogen) atoms. The molecule has 2 unspecified atom stereocenters. The van der Waals surface area contributed by atoms with Crippen LogP contribution >= 0.6 is 0 Å². The molecule has 1 aliphatic heterocycles. The van der Waals surface area contributed by atoms with E-state index in [1.165, 1.54) is 0 Å². The van der Waals surface area contributed by atoms with Gasteiger partial charge in [0.25, 0.3) is 0 Å². The van der Waals surface area contributed by atoms with Crippen molar-refractivity contribution in [2.45, 2.75) is 50.9 Å². The van der Waals surface area contributed by atoms with E-state index in [0.29, 0.717) is 12.8 Å². The first-order valence-corrected chi connectivity index (χ1v) is 7.31. The first-order valence-electron chi connectivity index (χ1n) is 7.31. The van der Waals surface area contributed by atoms with Crippen LogP contribution in [0, 0.1) is 0 Å². The SMILES string of the molecule is CC1(C)Oc2ccccc2C(NC2=CC(=O)CC2)C1(C)O. The number of allylic oxidation sites excluding steroid dienone is 2. The second-order valence-corrected chi connectivity index (χ2v) is 6.51. The third-order valence-electron chi connectivity index (χ3n) is 4.68. The lowest BCUT2D eigenvalue weighted by atomic mass is 9.75. The van der Waals surface area contributed by atoms with Crippen LogP contribution in [0.25, 0.3) is 0 Å². The van der Waals surface area contributed by atoms with Gasteiger partial charge < -0.3 is 15.2 Å². The molecule has 0 radical (unpaired) electrons. The summed E-state index contributed by atoms with van der Waals surface area (Å²) in [5.41, 5.74) is -0.0319. The van der Waals surface area contributed by atoms with E-state index in [1.54, 1.807) is 13.0 Å². The fourth-order valence-electron chi connectivity index (χ4n) is 2.95. The zero-order valence-corrected chi connectivity index (χ0v) is 12.6. The number of hydrogen-bond acceptors (Lipinski definition) is 4. The average Bonchev–Trinajstić information content (AvgIpc) is 2.80. The van der Waals surface area contributed by atoms with Crippen molar-refractivity contribution in [3.63, 3.8) is 0 Å². The molecule has 3 rings (SSSR count). The van der Waals surface area contributed by atoms with E-state index in [0.717, 1.165) is 17.0 Å². The highest BCUT2D eigenvalue weighted by Gasteiger charge is 2.52. The van der Waals surface area contributed by atoms with Crippen molar-refractivity contribution in [1.29, 1.82) is 0 Å². The summed E-state index contributed by atoms with van der Waals surface area (Å²) in [4.78, 5) is 11.4. The lowest BCUT2D eigenvalue weighted by Crippen LogP contribution is -2.61. The molecular weight excluding hydrogens is 266 g/mol. The van der Waals surface area contributed by atoms with Gasteiger partial charge in [-0.15, -0.1) is 0 Å². The Labute approximate surface area is 124 Å². The van der Waals surface area contributed by atoms with Crippen LogP contribution in [0.2, 0.25) is 0 Å².